The molecule has 2 N–H and O–H groups in total. The van der Waals surface area contributed by atoms with E-state index >= 15 is 0 Å². The van der Waals surface area contributed by atoms with E-state index in [-0.39, 0.29) is 23.7 Å². The van der Waals surface area contributed by atoms with Gasteiger partial charge in [-0.05, 0) is 31.2 Å². The third kappa shape index (κ3) is 6.46. The van der Waals surface area contributed by atoms with Gasteiger partial charge in [0.1, 0.15) is 29.0 Å². The molecule has 37 heavy (non-hydrogen) atoms. The number of benzene rings is 1. The molecule has 0 aliphatic carbocycles. The molecule has 0 radical (unpaired) electrons. The quantitative estimate of drug-likeness (QED) is 0.327. The molecule has 4 rings (SSSR count). The maximum atomic E-state index is 12.9. The molecule has 2 amide bonds. The lowest BCUT2D eigenvalue weighted by molar-refractivity contribution is 0.0915. The third-order valence-electron chi connectivity index (χ3n) is 4.88. The highest BCUT2D eigenvalue weighted by Crippen LogP contribution is 2.29. The summed E-state index contributed by atoms with van der Waals surface area (Å²) >= 11 is 0. The number of methoxy groups -OCH3 is 1. The number of pyridine rings is 1. The van der Waals surface area contributed by atoms with Crippen LogP contribution in [0, 0.1) is 0 Å². The average Bonchev–Trinajstić information content (AvgIpc) is 3.53. The van der Waals surface area contributed by atoms with E-state index in [9.17, 15) is 9.59 Å². The van der Waals surface area contributed by atoms with E-state index in [4.69, 9.17) is 18.7 Å². The Labute approximate surface area is 211 Å². The van der Waals surface area contributed by atoms with Gasteiger partial charge in [-0.1, -0.05) is 5.16 Å². The Morgan fingerprint density at radius 1 is 1.11 bits per heavy atom. The van der Waals surface area contributed by atoms with Gasteiger partial charge in [-0.25, -0.2) is 4.98 Å². The second kappa shape index (κ2) is 11.3. The zero-order valence-corrected chi connectivity index (χ0v) is 20.6. The molecule has 0 unspecified atom stereocenters. The van der Waals surface area contributed by atoms with Crippen LogP contribution < -0.4 is 20.1 Å². The van der Waals surface area contributed by atoms with Crippen LogP contribution in [0.5, 0.6) is 17.2 Å². The van der Waals surface area contributed by atoms with E-state index in [0.717, 1.165) is 0 Å². The van der Waals surface area contributed by atoms with Crippen molar-refractivity contribution in [3.05, 3.63) is 60.2 Å². The molecule has 0 aliphatic rings. The molecule has 192 valence electrons. The van der Waals surface area contributed by atoms with Crippen LogP contribution in [0.4, 0.5) is 5.82 Å². The lowest BCUT2D eigenvalue weighted by Gasteiger charge is -2.16. The van der Waals surface area contributed by atoms with Gasteiger partial charge < -0.3 is 29.4 Å². The number of hydrogen-bond donors (Lipinski definition) is 2. The minimum Gasteiger partial charge on any atom is -0.488 e. The molecule has 0 aliphatic heterocycles. The topological polar surface area (TPSA) is 156 Å². The zero-order chi connectivity index (χ0) is 26.4. The monoisotopic (exact) mass is 507 g/mol. The molecule has 13 nitrogen and oxygen atoms in total. The van der Waals surface area contributed by atoms with Crippen LogP contribution in [0.15, 0.2) is 53.3 Å². The number of amides is 2. The molecular formula is C24H25N7O6. The second-order valence-corrected chi connectivity index (χ2v) is 7.89. The lowest BCUT2D eigenvalue weighted by Crippen LogP contribution is -2.19. The lowest BCUT2D eigenvalue weighted by atomic mass is 10.2. The van der Waals surface area contributed by atoms with Crippen molar-refractivity contribution in [2.75, 3.05) is 26.1 Å². The Kier molecular flexibility index (Phi) is 7.74. The highest BCUT2D eigenvalue weighted by molar-refractivity contribution is 6.04. The van der Waals surface area contributed by atoms with Crippen molar-refractivity contribution in [1.82, 2.24) is 30.2 Å². The summed E-state index contributed by atoms with van der Waals surface area (Å²) in [6.45, 7) is 2.21. The van der Waals surface area contributed by atoms with Crippen LogP contribution >= 0.6 is 0 Å². The number of ether oxygens (including phenoxy) is 3. The van der Waals surface area contributed by atoms with E-state index in [1.807, 2.05) is 6.92 Å². The van der Waals surface area contributed by atoms with Gasteiger partial charge in [0, 0.05) is 45.1 Å². The number of aryl methyl sites for hydroxylation is 1. The van der Waals surface area contributed by atoms with E-state index in [0.29, 0.717) is 40.9 Å². The molecule has 4 aromatic rings. The number of nitrogens with one attached hydrogen (secondary N) is 2. The summed E-state index contributed by atoms with van der Waals surface area (Å²) in [5.74, 6) is 0.692. The normalized spacial score (nSPS) is 11.6. The highest BCUT2D eigenvalue weighted by Gasteiger charge is 2.17. The minimum atomic E-state index is -0.472. The Morgan fingerprint density at radius 2 is 1.92 bits per heavy atom. The van der Waals surface area contributed by atoms with Crippen LogP contribution in [0.25, 0.3) is 11.6 Å². The van der Waals surface area contributed by atoms with E-state index in [2.05, 4.69) is 30.9 Å². The first-order chi connectivity index (χ1) is 17.8. The van der Waals surface area contributed by atoms with Gasteiger partial charge in [0.15, 0.2) is 5.82 Å². The summed E-state index contributed by atoms with van der Waals surface area (Å²) in [5, 5.41) is 13.0. The van der Waals surface area contributed by atoms with E-state index < -0.39 is 5.91 Å². The van der Waals surface area contributed by atoms with Gasteiger partial charge in [-0.2, -0.15) is 10.1 Å². The number of hydrogen-bond acceptors (Lipinski definition) is 10. The van der Waals surface area contributed by atoms with Gasteiger partial charge in [0.25, 0.3) is 23.5 Å². The molecule has 0 saturated heterocycles. The second-order valence-electron chi connectivity index (χ2n) is 7.89. The fourth-order valence-corrected chi connectivity index (χ4v) is 3.24. The van der Waals surface area contributed by atoms with Gasteiger partial charge in [-0.15, -0.1) is 0 Å². The fraction of sp³-hybridized carbons (Fsp3) is 0.250. The first kappa shape index (κ1) is 25.3. The maximum absolute atomic E-state index is 12.9. The molecule has 1 aromatic carbocycles. The SMILES string of the molecule is CNC(=O)c1noc(-c2ccc(Oc3cc(O[C@@H](C)COC)cc(C(=O)Nc4ccn(C)n4)c3)cn2)n1. The largest absolute Gasteiger partial charge is 0.488 e. The number of nitrogens with zero attached hydrogens (tertiary/aromatic N) is 5. The number of aromatic nitrogens is 5. The van der Waals surface area contributed by atoms with Gasteiger partial charge in [-0.3, -0.25) is 14.3 Å². The summed E-state index contributed by atoms with van der Waals surface area (Å²) in [7, 11) is 4.80. The minimum absolute atomic E-state index is 0.0844. The molecule has 13 heteroatoms. The van der Waals surface area contributed by atoms with Gasteiger partial charge in [0.05, 0.1) is 12.8 Å². The average molecular weight is 508 g/mol. The molecule has 3 aromatic heterocycles. The van der Waals surface area contributed by atoms with Crippen molar-refractivity contribution in [2.24, 2.45) is 7.05 Å². The summed E-state index contributed by atoms with van der Waals surface area (Å²) in [4.78, 5) is 32.8. The Bertz CT molecular complexity index is 1380. The van der Waals surface area contributed by atoms with Crippen LogP contribution in [0.3, 0.4) is 0 Å². The van der Waals surface area contributed by atoms with Crippen molar-refractivity contribution in [3.63, 3.8) is 0 Å². The number of anilines is 1. The van der Waals surface area contributed by atoms with Crippen molar-refractivity contribution in [2.45, 2.75) is 13.0 Å². The maximum Gasteiger partial charge on any atom is 0.292 e. The van der Waals surface area contributed by atoms with Crippen LogP contribution in [0.2, 0.25) is 0 Å². The predicted octanol–water partition coefficient (Wildman–Crippen LogP) is 2.68. The summed E-state index contributed by atoms with van der Waals surface area (Å²) in [6.07, 6.45) is 2.91. The molecular weight excluding hydrogens is 482 g/mol. The standard InChI is InChI=1S/C24H25N7O6/c1-14(13-34-4)35-17-9-15(22(32)27-20-7-8-31(3)29-20)10-18(11-17)36-16-5-6-19(26-12-16)24-28-21(30-37-24)23(33)25-2/h5-12,14H,13H2,1-4H3,(H,25,33)(H,27,29,32)/t14-/m0/s1. The Morgan fingerprint density at radius 3 is 2.59 bits per heavy atom. The molecule has 1 atom stereocenters. The smallest absolute Gasteiger partial charge is 0.292 e. The van der Waals surface area contributed by atoms with Gasteiger partial charge >= 0.3 is 0 Å². The summed E-state index contributed by atoms with van der Waals surface area (Å²) in [6, 6.07) is 9.77. The zero-order valence-electron chi connectivity index (χ0n) is 20.6. The highest BCUT2D eigenvalue weighted by atomic mass is 16.5. The van der Waals surface area contributed by atoms with Crippen LogP contribution in [-0.4, -0.2) is 63.6 Å². The van der Waals surface area contributed by atoms with Crippen LogP contribution in [0.1, 0.15) is 27.9 Å². The van der Waals surface area contributed by atoms with Crippen molar-refractivity contribution in [3.8, 4) is 28.8 Å². The van der Waals surface area contributed by atoms with Crippen molar-refractivity contribution >= 4 is 17.6 Å². The third-order valence-corrected chi connectivity index (χ3v) is 4.88. The number of carbonyl (C=O) groups excluding carboxylic acids is 2. The van der Waals surface area contributed by atoms with Crippen molar-refractivity contribution in [1.29, 1.82) is 0 Å². The molecule has 0 bridgehead atoms. The van der Waals surface area contributed by atoms with Crippen LogP contribution in [-0.2, 0) is 11.8 Å². The first-order valence-corrected chi connectivity index (χ1v) is 11.2. The van der Waals surface area contributed by atoms with Gasteiger partial charge in [0.2, 0.25) is 0 Å². The molecule has 0 saturated carbocycles. The predicted molar refractivity (Wildman–Crippen MR) is 131 cm³/mol. The summed E-state index contributed by atoms with van der Waals surface area (Å²) < 4.78 is 23.7. The molecule has 3 heterocycles. The Hall–Kier alpha value is -4.78. The summed E-state index contributed by atoms with van der Waals surface area (Å²) in [5.41, 5.74) is 0.663. The van der Waals surface area contributed by atoms with E-state index in [1.54, 1.807) is 61.4 Å². The number of carbonyl (C=O) groups is 2. The molecule has 0 spiro atoms. The molecule has 0 fully saturated rings. The van der Waals surface area contributed by atoms with E-state index in [1.165, 1.54) is 13.2 Å². The fourth-order valence-electron chi connectivity index (χ4n) is 3.24. The first-order valence-electron chi connectivity index (χ1n) is 11.2. The van der Waals surface area contributed by atoms with Crippen molar-refractivity contribution < 1.29 is 28.3 Å². The Balaban J connectivity index is 1.55. The number of rotatable bonds is 10.